The van der Waals surface area contributed by atoms with Crippen LogP contribution in [-0.2, 0) is 73.2 Å². The highest BCUT2D eigenvalue weighted by Gasteiger charge is 2.61. The summed E-state index contributed by atoms with van der Waals surface area (Å²) in [5, 5.41) is 0. The lowest BCUT2D eigenvalue weighted by molar-refractivity contribution is -0.381. The zero-order chi connectivity index (χ0) is 41.1. The highest BCUT2D eigenvalue weighted by Crippen LogP contribution is 2.42. The van der Waals surface area contributed by atoms with Crippen LogP contribution in [0.3, 0.4) is 0 Å². The molecular formula is C41H41NO16. The number of methoxy groups -OCH3 is 1. The molecule has 3 saturated heterocycles. The summed E-state index contributed by atoms with van der Waals surface area (Å²) in [4.78, 5) is 80.6. The third kappa shape index (κ3) is 8.36. The van der Waals surface area contributed by atoms with Crippen LogP contribution in [-0.4, -0.2) is 116 Å². The smallest absolute Gasteiger partial charge is 0.339 e. The van der Waals surface area contributed by atoms with E-state index in [9.17, 15) is 28.8 Å². The monoisotopic (exact) mass is 803 g/mol. The Morgan fingerprint density at radius 1 is 0.672 bits per heavy atom. The molecule has 17 heteroatoms. The van der Waals surface area contributed by atoms with E-state index in [1.807, 2.05) is 36.4 Å². The molecule has 2 amide bonds. The number of imide groups is 1. The van der Waals surface area contributed by atoms with Gasteiger partial charge in [-0.05, 0) is 17.7 Å². The van der Waals surface area contributed by atoms with E-state index >= 15 is 0 Å². The number of carbonyl (C=O) groups is 6. The van der Waals surface area contributed by atoms with Crippen LogP contribution in [0.1, 0.15) is 58.9 Å². The highest BCUT2D eigenvalue weighted by molar-refractivity contribution is 6.21. The third-order valence-corrected chi connectivity index (χ3v) is 9.89. The van der Waals surface area contributed by atoms with Crippen molar-refractivity contribution < 1.29 is 76.1 Å². The lowest BCUT2D eigenvalue weighted by Crippen LogP contribution is -2.70. The van der Waals surface area contributed by atoms with Crippen LogP contribution in [0, 0.1) is 0 Å². The molecule has 306 valence electrons. The fraction of sp³-hybridized carbons (Fsp3) is 0.415. The second-order valence-electron chi connectivity index (χ2n) is 13.8. The Morgan fingerprint density at radius 2 is 1.24 bits per heavy atom. The molecule has 4 aliphatic rings. The molecule has 0 saturated carbocycles. The van der Waals surface area contributed by atoms with Crippen molar-refractivity contribution in [1.82, 2.24) is 4.90 Å². The Labute approximate surface area is 332 Å². The lowest BCUT2D eigenvalue weighted by Gasteiger charge is -2.52. The van der Waals surface area contributed by atoms with Gasteiger partial charge in [0.15, 0.2) is 43.3 Å². The maximum absolute atomic E-state index is 14.3. The van der Waals surface area contributed by atoms with E-state index in [2.05, 4.69) is 0 Å². The number of rotatable bonds is 11. The molecule has 0 aromatic heterocycles. The van der Waals surface area contributed by atoms with E-state index in [4.69, 9.17) is 47.4 Å². The summed E-state index contributed by atoms with van der Waals surface area (Å²) in [5.74, 6) is -5.12. The van der Waals surface area contributed by atoms with Crippen LogP contribution in [0.25, 0.3) is 0 Å². The summed E-state index contributed by atoms with van der Waals surface area (Å²) < 4.78 is 60.2. The van der Waals surface area contributed by atoms with Gasteiger partial charge < -0.3 is 47.4 Å². The molecule has 3 fully saturated rings. The normalized spacial score (nSPS) is 30.4. The summed E-state index contributed by atoms with van der Waals surface area (Å²) in [6.07, 6.45) is -14.8. The van der Waals surface area contributed by atoms with Gasteiger partial charge in [0.05, 0.1) is 31.5 Å². The maximum Gasteiger partial charge on any atom is 0.339 e. The van der Waals surface area contributed by atoms with Gasteiger partial charge in [-0.3, -0.25) is 28.9 Å². The van der Waals surface area contributed by atoms with E-state index < -0.39 is 103 Å². The van der Waals surface area contributed by atoms with Crippen molar-refractivity contribution in [3.05, 3.63) is 107 Å². The van der Waals surface area contributed by atoms with E-state index in [-0.39, 0.29) is 24.3 Å². The SMILES string of the molecule is COC(=O)[C@H]1O[C@@H](O[C@H]2[C@@H]3OC(c4ccccc4)OC[C@H]3O[C@@H](OCc3ccccc3)[C@@H]2N2C(=O)c3ccccc3C2=O)[C@H](OC(C)=O)[C@@H](OC(C)=O)[C@@H]1OC(C)=O. The second-order valence-corrected chi connectivity index (χ2v) is 13.8. The van der Waals surface area contributed by atoms with Gasteiger partial charge in [-0.25, -0.2) is 4.79 Å². The van der Waals surface area contributed by atoms with E-state index in [0.29, 0.717) is 5.56 Å². The van der Waals surface area contributed by atoms with Crippen LogP contribution >= 0.6 is 0 Å². The Morgan fingerprint density at radius 3 is 1.84 bits per heavy atom. The molecule has 0 spiro atoms. The minimum Gasteiger partial charge on any atom is -0.467 e. The maximum atomic E-state index is 14.3. The van der Waals surface area contributed by atoms with Gasteiger partial charge in [0.1, 0.15) is 24.4 Å². The van der Waals surface area contributed by atoms with Crippen molar-refractivity contribution in [1.29, 1.82) is 0 Å². The molecule has 7 rings (SSSR count). The molecule has 0 bridgehead atoms. The summed E-state index contributed by atoms with van der Waals surface area (Å²) in [5.41, 5.74) is 1.58. The van der Waals surface area contributed by atoms with Gasteiger partial charge in [0, 0.05) is 26.3 Å². The first kappa shape index (κ1) is 40.6. The summed E-state index contributed by atoms with van der Waals surface area (Å²) >= 11 is 0. The molecule has 1 unspecified atom stereocenters. The number of carbonyl (C=O) groups excluding carboxylic acids is 6. The zero-order valence-corrected chi connectivity index (χ0v) is 31.8. The molecule has 11 atom stereocenters. The Balaban J connectivity index is 1.36. The Hall–Kier alpha value is -5.56. The number of esters is 4. The van der Waals surface area contributed by atoms with Crippen molar-refractivity contribution in [2.45, 2.75) is 95.0 Å². The van der Waals surface area contributed by atoms with Gasteiger partial charge >= 0.3 is 23.9 Å². The predicted octanol–water partition coefficient (Wildman–Crippen LogP) is 2.79. The van der Waals surface area contributed by atoms with Crippen molar-refractivity contribution in [2.75, 3.05) is 13.7 Å². The summed E-state index contributed by atoms with van der Waals surface area (Å²) in [6, 6.07) is 22.8. The molecule has 58 heavy (non-hydrogen) atoms. The molecule has 0 radical (unpaired) electrons. The number of amides is 2. The van der Waals surface area contributed by atoms with Crippen LogP contribution in [0.15, 0.2) is 84.9 Å². The third-order valence-electron chi connectivity index (χ3n) is 9.89. The molecule has 3 aromatic carbocycles. The van der Waals surface area contributed by atoms with E-state index in [0.717, 1.165) is 38.3 Å². The number of hydrogen-bond donors (Lipinski definition) is 0. The Bertz CT molecular complexity index is 1980. The largest absolute Gasteiger partial charge is 0.467 e. The summed E-state index contributed by atoms with van der Waals surface area (Å²) in [6.45, 7) is 3.06. The first-order valence-electron chi connectivity index (χ1n) is 18.5. The van der Waals surface area contributed by atoms with Crippen LogP contribution in [0.2, 0.25) is 0 Å². The zero-order valence-electron chi connectivity index (χ0n) is 31.8. The average Bonchev–Trinajstić information content (AvgIpc) is 3.47. The first-order valence-corrected chi connectivity index (χ1v) is 18.5. The number of hydrogen-bond acceptors (Lipinski definition) is 16. The molecule has 17 nitrogen and oxygen atoms in total. The van der Waals surface area contributed by atoms with Crippen LogP contribution in [0.4, 0.5) is 0 Å². The number of benzene rings is 3. The van der Waals surface area contributed by atoms with Crippen LogP contribution < -0.4 is 0 Å². The fourth-order valence-electron chi connectivity index (χ4n) is 7.48. The highest BCUT2D eigenvalue weighted by atomic mass is 16.8. The van der Waals surface area contributed by atoms with Gasteiger partial charge in [-0.15, -0.1) is 0 Å². The molecule has 4 aliphatic heterocycles. The van der Waals surface area contributed by atoms with Gasteiger partial charge in [-0.2, -0.15) is 0 Å². The molecule has 0 N–H and O–H groups in total. The molecule has 4 heterocycles. The number of ether oxygens (including phenoxy) is 10. The van der Waals surface area contributed by atoms with Crippen molar-refractivity contribution in [2.24, 2.45) is 0 Å². The minimum atomic E-state index is -1.85. The van der Waals surface area contributed by atoms with Crippen molar-refractivity contribution in [3.63, 3.8) is 0 Å². The van der Waals surface area contributed by atoms with Gasteiger partial charge in [0.25, 0.3) is 11.8 Å². The first-order chi connectivity index (χ1) is 27.9. The lowest BCUT2D eigenvalue weighted by atomic mass is 9.93. The van der Waals surface area contributed by atoms with E-state index in [1.165, 1.54) is 12.1 Å². The quantitative estimate of drug-likeness (QED) is 0.156. The second kappa shape index (κ2) is 17.5. The fourth-order valence-corrected chi connectivity index (χ4v) is 7.48. The molecule has 3 aromatic rings. The molecule has 0 aliphatic carbocycles. The average molecular weight is 804 g/mol. The van der Waals surface area contributed by atoms with Crippen molar-refractivity contribution >= 4 is 35.7 Å². The minimum absolute atomic E-state index is 0.0390. The number of fused-ring (bicyclic) bond motifs is 2. The standard InChI is InChI=1S/C41H41NO16/c1-21(43)52-32-33(53-22(2)44)35(54-23(3)45)41(58-34(32)38(48)49-4)57-31-29(42-36(46)26-17-11-12-18-27(26)37(42)47)40(50-19-24-13-7-5-8-14-24)55-28-20-51-39(56-30(28)31)25-15-9-6-10-16-25/h5-18,28-35,39-41H,19-20H2,1-4H3/t28-,29-,30-,31-,32+,33+,34+,35-,39?,40-,41-/m1/s1. The summed E-state index contributed by atoms with van der Waals surface area (Å²) in [7, 11) is 1.06. The predicted molar refractivity (Wildman–Crippen MR) is 193 cm³/mol. The van der Waals surface area contributed by atoms with Crippen LogP contribution in [0.5, 0.6) is 0 Å². The Kier molecular flexibility index (Phi) is 12.3. The van der Waals surface area contributed by atoms with Gasteiger partial charge in [0.2, 0.25) is 0 Å². The van der Waals surface area contributed by atoms with Gasteiger partial charge in [-0.1, -0.05) is 72.8 Å². The number of nitrogens with zero attached hydrogens (tertiary/aromatic N) is 1. The van der Waals surface area contributed by atoms with Crippen molar-refractivity contribution in [3.8, 4) is 0 Å². The molecular weight excluding hydrogens is 762 g/mol. The topological polar surface area (TPSA) is 198 Å². The van der Waals surface area contributed by atoms with E-state index in [1.54, 1.807) is 36.4 Å².